The number of amidine groups is 1. The minimum atomic E-state index is 0.128. The van der Waals surface area contributed by atoms with E-state index in [1.165, 1.54) is 0 Å². The lowest BCUT2D eigenvalue weighted by molar-refractivity contribution is 0.332. The number of ether oxygens (including phenoxy) is 1. The van der Waals surface area contributed by atoms with Gasteiger partial charge < -0.3 is 10.5 Å². The van der Waals surface area contributed by atoms with Crippen LogP contribution >= 0.6 is 11.6 Å². The van der Waals surface area contributed by atoms with Gasteiger partial charge in [-0.25, -0.2) is 0 Å². The van der Waals surface area contributed by atoms with E-state index >= 15 is 0 Å². The van der Waals surface area contributed by atoms with E-state index in [-0.39, 0.29) is 5.84 Å². The lowest BCUT2D eigenvalue weighted by Gasteiger charge is -2.09. The first-order chi connectivity index (χ1) is 8.18. The topological polar surface area (TPSA) is 59.1 Å². The lowest BCUT2D eigenvalue weighted by atomic mass is 10.1. The quantitative estimate of drug-likeness (QED) is 0.645. The molecule has 0 spiro atoms. The monoisotopic (exact) mass is 248 g/mol. The third-order valence-corrected chi connectivity index (χ3v) is 2.79. The number of hydrogen-bond acceptors (Lipinski definition) is 2. The summed E-state index contributed by atoms with van der Waals surface area (Å²) in [6.45, 7) is 0.404. The van der Waals surface area contributed by atoms with E-state index in [0.29, 0.717) is 18.1 Å². The Bertz CT molecular complexity index is 554. The summed E-state index contributed by atoms with van der Waals surface area (Å²) in [6, 6.07) is 11.4. The predicted octanol–water partition coefficient (Wildman–Crippen LogP) is 3.20. The van der Waals surface area contributed by atoms with Crippen LogP contribution in [-0.2, 0) is 0 Å². The molecule has 3 N–H and O–H groups in total. The van der Waals surface area contributed by atoms with Gasteiger partial charge in [0, 0.05) is 22.2 Å². The highest BCUT2D eigenvalue weighted by molar-refractivity contribution is 6.35. The van der Waals surface area contributed by atoms with E-state index in [1.807, 2.05) is 36.4 Å². The summed E-state index contributed by atoms with van der Waals surface area (Å²) in [6.07, 6.45) is 0.428. The Hall–Kier alpha value is -1.74. The Kier molecular flexibility index (Phi) is 3.49. The van der Waals surface area contributed by atoms with Gasteiger partial charge in [0.1, 0.15) is 5.75 Å². The van der Waals surface area contributed by atoms with Crippen LogP contribution < -0.4 is 10.5 Å². The van der Waals surface area contributed by atoms with E-state index in [2.05, 4.69) is 0 Å². The number of fused-ring (bicyclic) bond motifs is 1. The molecule has 0 aromatic heterocycles. The second-order valence-corrected chi connectivity index (χ2v) is 4.12. The Morgan fingerprint density at radius 1 is 1.18 bits per heavy atom. The largest absolute Gasteiger partial charge is 0.492 e. The minimum absolute atomic E-state index is 0.128. The molecule has 0 aliphatic rings. The molecule has 0 aliphatic heterocycles. The van der Waals surface area contributed by atoms with Crippen molar-refractivity contribution in [1.82, 2.24) is 0 Å². The number of benzene rings is 2. The number of rotatable bonds is 4. The van der Waals surface area contributed by atoms with Crippen LogP contribution in [0.1, 0.15) is 6.42 Å². The maximum atomic E-state index is 7.13. The molecular weight excluding hydrogens is 236 g/mol. The van der Waals surface area contributed by atoms with Crippen molar-refractivity contribution in [3.8, 4) is 5.75 Å². The molecule has 0 atom stereocenters. The van der Waals surface area contributed by atoms with Crippen molar-refractivity contribution in [2.45, 2.75) is 6.42 Å². The maximum Gasteiger partial charge on any atom is 0.127 e. The molecule has 0 aliphatic carbocycles. The molecule has 0 saturated heterocycles. The Morgan fingerprint density at radius 2 is 1.88 bits per heavy atom. The van der Waals surface area contributed by atoms with Crippen LogP contribution in [0.2, 0.25) is 5.02 Å². The van der Waals surface area contributed by atoms with E-state index in [0.717, 1.165) is 16.5 Å². The van der Waals surface area contributed by atoms with E-state index in [1.54, 1.807) is 0 Å². The van der Waals surface area contributed by atoms with Gasteiger partial charge in [0.2, 0.25) is 0 Å². The van der Waals surface area contributed by atoms with Gasteiger partial charge in [0.15, 0.2) is 0 Å². The van der Waals surface area contributed by atoms with Crippen LogP contribution in [0, 0.1) is 5.41 Å². The van der Waals surface area contributed by atoms with Crippen LogP contribution in [0.15, 0.2) is 36.4 Å². The summed E-state index contributed by atoms with van der Waals surface area (Å²) in [4.78, 5) is 0. The first-order valence-electron chi connectivity index (χ1n) is 5.31. The molecule has 2 aromatic rings. The minimum Gasteiger partial charge on any atom is -0.492 e. The van der Waals surface area contributed by atoms with Crippen molar-refractivity contribution < 1.29 is 4.74 Å². The molecule has 2 aromatic carbocycles. The molecule has 0 bridgehead atoms. The molecule has 0 fully saturated rings. The second-order valence-electron chi connectivity index (χ2n) is 3.71. The average molecular weight is 249 g/mol. The van der Waals surface area contributed by atoms with Crippen molar-refractivity contribution in [3.63, 3.8) is 0 Å². The first-order valence-corrected chi connectivity index (χ1v) is 5.69. The fraction of sp³-hybridized carbons (Fsp3) is 0.154. The molecule has 88 valence electrons. The zero-order valence-corrected chi connectivity index (χ0v) is 10.00. The van der Waals surface area contributed by atoms with Crippen molar-refractivity contribution in [2.75, 3.05) is 6.61 Å². The predicted molar refractivity (Wildman–Crippen MR) is 71.0 cm³/mol. The number of hydrogen-bond donors (Lipinski definition) is 2. The standard InChI is InChI=1S/C13H13ClN2O/c14-11-5-6-12(17-8-7-13(15)16)10-4-2-1-3-9(10)11/h1-6H,7-8H2,(H3,15,16). The molecule has 2 rings (SSSR count). The SMILES string of the molecule is N=C(N)CCOc1ccc(Cl)c2ccccc12. The zero-order valence-electron chi connectivity index (χ0n) is 9.24. The van der Waals surface area contributed by atoms with Gasteiger partial charge in [-0.05, 0) is 12.1 Å². The van der Waals surface area contributed by atoms with E-state index in [9.17, 15) is 0 Å². The first kappa shape index (κ1) is 11.7. The van der Waals surface area contributed by atoms with Crippen molar-refractivity contribution in [2.24, 2.45) is 5.73 Å². The summed E-state index contributed by atoms with van der Waals surface area (Å²) in [5, 5.41) is 9.78. The van der Waals surface area contributed by atoms with Gasteiger partial charge in [-0.2, -0.15) is 0 Å². The summed E-state index contributed by atoms with van der Waals surface area (Å²) in [7, 11) is 0. The third kappa shape index (κ3) is 2.68. The van der Waals surface area contributed by atoms with Gasteiger partial charge in [-0.1, -0.05) is 35.9 Å². The number of halogens is 1. The molecular formula is C13H13ClN2O. The molecule has 0 unspecified atom stereocenters. The van der Waals surface area contributed by atoms with Gasteiger partial charge >= 0.3 is 0 Å². The second kappa shape index (κ2) is 5.06. The summed E-state index contributed by atoms with van der Waals surface area (Å²) in [5.74, 6) is 0.898. The Balaban J connectivity index is 2.28. The van der Waals surface area contributed by atoms with Crippen LogP contribution in [0.5, 0.6) is 5.75 Å². The zero-order chi connectivity index (χ0) is 12.3. The summed E-state index contributed by atoms with van der Waals surface area (Å²) in [5.41, 5.74) is 5.28. The average Bonchev–Trinajstić information content (AvgIpc) is 2.32. The Labute approximate surface area is 105 Å². The van der Waals surface area contributed by atoms with Gasteiger partial charge in [0.05, 0.1) is 12.4 Å². The van der Waals surface area contributed by atoms with Crippen molar-refractivity contribution >= 4 is 28.2 Å². The van der Waals surface area contributed by atoms with Gasteiger partial charge in [-0.15, -0.1) is 0 Å². The van der Waals surface area contributed by atoms with Crippen LogP contribution in [-0.4, -0.2) is 12.4 Å². The normalized spacial score (nSPS) is 10.4. The van der Waals surface area contributed by atoms with Gasteiger partial charge in [-0.3, -0.25) is 5.41 Å². The van der Waals surface area contributed by atoms with Crippen LogP contribution in [0.4, 0.5) is 0 Å². The molecule has 0 saturated carbocycles. The van der Waals surface area contributed by atoms with Crippen LogP contribution in [0.3, 0.4) is 0 Å². The fourth-order valence-electron chi connectivity index (χ4n) is 1.63. The number of nitrogens with two attached hydrogens (primary N) is 1. The highest BCUT2D eigenvalue weighted by Gasteiger charge is 2.05. The fourth-order valence-corrected chi connectivity index (χ4v) is 1.86. The molecule has 4 heteroatoms. The van der Waals surface area contributed by atoms with E-state index < -0.39 is 0 Å². The maximum absolute atomic E-state index is 7.13. The molecule has 3 nitrogen and oxygen atoms in total. The van der Waals surface area contributed by atoms with Crippen LogP contribution in [0.25, 0.3) is 10.8 Å². The van der Waals surface area contributed by atoms with Gasteiger partial charge in [0.25, 0.3) is 0 Å². The highest BCUT2D eigenvalue weighted by Crippen LogP contribution is 2.31. The highest BCUT2D eigenvalue weighted by atomic mass is 35.5. The molecule has 17 heavy (non-hydrogen) atoms. The lowest BCUT2D eigenvalue weighted by Crippen LogP contribution is -2.13. The van der Waals surface area contributed by atoms with Crippen molar-refractivity contribution in [1.29, 1.82) is 5.41 Å². The smallest absolute Gasteiger partial charge is 0.127 e. The molecule has 0 radical (unpaired) electrons. The molecule has 0 amide bonds. The third-order valence-electron chi connectivity index (χ3n) is 2.46. The Morgan fingerprint density at radius 3 is 2.59 bits per heavy atom. The summed E-state index contributed by atoms with van der Waals surface area (Å²) < 4.78 is 5.61. The summed E-state index contributed by atoms with van der Waals surface area (Å²) >= 11 is 6.10. The van der Waals surface area contributed by atoms with E-state index in [4.69, 9.17) is 27.5 Å². The van der Waals surface area contributed by atoms with Crippen molar-refractivity contribution in [3.05, 3.63) is 41.4 Å². The molecule has 0 heterocycles. The number of nitrogens with one attached hydrogen (secondary N) is 1.